The number of halogens is 4. The quantitative estimate of drug-likeness (QED) is 0.319. The number of nitrogens with one attached hydrogen (secondary N) is 3. The topological polar surface area (TPSA) is 91.6 Å². The molecule has 0 bridgehead atoms. The monoisotopic (exact) mass is 390 g/mol. The van der Waals surface area contributed by atoms with E-state index in [0.717, 1.165) is 17.4 Å². The summed E-state index contributed by atoms with van der Waals surface area (Å²) in [5.41, 5.74) is -1.32. The molecule has 0 spiro atoms. The molecule has 26 heavy (non-hydrogen) atoms. The number of hydrogen-bond acceptors (Lipinski definition) is 6. The second kappa shape index (κ2) is 6.76. The van der Waals surface area contributed by atoms with Gasteiger partial charge in [-0.1, -0.05) is 11.6 Å². The fourth-order valence-electron chi connectivity index (χ4n) is 2.77. The molecule has 140 valence electrons. The second-order valence-corrected chi connectivity index (χ2v) is 6.27. The van der Waals surface area contributed by atoms with E-state index < -0.39 is 34.0 Å². The van der Waals surface area contributed by atoms with Crippen LogP contribution in [0.3, 0.4) is 0 Å². The number of alkyl halides is 4. The number of nitro groups is 1. The van der Waals surface area contributed by atoms with E-state index >= 15 is 0 Å². The summed E-state index contributed by atoms with van der Waals surface area (Å²) in [6, 6.07) is 1.75. The fraction of sp³-hybridized carbons (Fsp3) is 0.400. The van der Waals surface area contributed by atoms with Gasteiger partial charge in [-0.25, -0.2) is 4.99 Å². The predicted molar refractivity (Wildman–Crippen MR) is 89.8 cm³/mol. The van der Waals surface area contributed by atoms with Crippen molar-refractivity contribution < 1.29 is 19.5 Å². The van der Waals surface area contributed by atoms with E-state index in [-0.39, 0.29) is 5.56 Å². The first-order chi connectivity index (χ1) is 12.6. The van der Waals surface area contributed by atoms with Crippen LogP contribution in [0.5, 0.6) is 0 Å². The largest absolute Gasteiger partial charge is 0.416 e. The predicted octanol–water partition coefficient (Wildman–Crippen LogP) is 2.65. The summed E-state index contributed by atoms with van der Waals surface area (Å²) in [5, 5.41) is 18.1. The van der Waals surface area contributed by atoms with Crippen molar-refractivity contribution in [3.05, 3.63) is 50.7 Å². The number of amidine groups is 1. The van der Waals surface area contributed by atoms with Gasteiger partial charge in [-0.3, -0.25) is 10.1 Å². The molecule has 0 saturated heterocycles. The van der Waals surface area contributed by atoms with E-state index in [1.807, 2.05) is 0 Å². The molecule has 1 aromatic rings. The Morgan fingerprint density at radius 3 is 2.85 bits per heavy atom. The molecule has 0 fully saturated rings. The van der Waals surface area contributed by atoms with Gasteiger partial charge in [0.2, 0.25) is 0 Å². The third-order valence-electron chi connectivity index (χ3n) is 4.06. The summed E-state index contributed by atoms with van der Waals surface area (Å²) >= 11 is 6.02. The van der Waals surface area contributed by atoms with Crippen LogP contribution in [0, 0.1) is 10.1 Å². The van der Waals surface area contributed by atoms with Crippen molar-refractivity contribution in [1.29, 1.82) is 0 Å². The van der Waals surface area contributed by atoms with Crippen LogP contribution in [0.15, 0.2) is 34.5 Å². The Bertz CT molecular complexity index is 845. The summed E-state index contributed by atoms with van der Waals surface area (Å²) < 4.78 is 47.1. The lowest BCUT2D eigenvalue weighted by molar-refractivity contribution is -0.385. The third kappa shape index (κ3) is 3.75. The number of non-ortho nitro benzene ring substituents is 1. The van der Waals surface area contributed by atoms with E-state index in [1.165, 1.54) is 0 Å². The Hall–Kier alpha value is -2.33. The average molecular weight is 391 g/mol. The van der Waals surface area contributed by atoms with Crippen molar-refractivity contribution in [3.63, 3.8) is 0 Å². The summed E-state index contributed by atoms with van der Waals surface area (Å²) in [7, 11) is 0. The molecule has 0 aromatic heterocycles. The van der Waals surface area contributed by atoms with Crippen LogP contribution in [0.2, 0.25) is 1.41 Å². The maximum absolute atomic E-state index is 13.1. The molecule has 3 rings (SSSR count). The molecule has 11 heteroatoms. The highest BCUT2D eigenvalue weighted by Gasteiger charge is 2.33. The number of nitrogens with zero attached hydrogens (tertiary/aromatic N) is 2. The third-order valence-corrected chi connectivity index (χ3v) is 4.25. The lowest BCUT2D eigenvalue weighted by Crippen LogP contribution is -2.37. The molecule has 2 heterocycles. The van der Waals surface area contributed by atoms with Crippen LogP contribution in [0.1, 0.15) is 24.1 Å². The molecule has 2 aliphatic heterocycles. The Labute approximate surface area is 152 Å². The van der Waals surface area contributed by atoms with Gasteiger partial charge in [0.1, 0.15) is 5.84 Å². The van der Waals surface area contributed by atoms with Gasteiger partial charge < -0.3 is 15.9 Å². The van der Waals surface area contributed by atoms with Crippen LogP contribution in [-0.4, -0.2) is 29.5 Å². The Kier molecular flexibility index (Phi) is 4.45. The number of rotatable bonds is 3. The van der Waals surface area contributed by atoms with Crippen LogP contribution in [0.4, 0.5) is 18.9 Å². The summed E-state index contributed by atoms with van der Waals surface area (Å²) in [6.45, 7) is 2.42. The van der Waals surface area contributed by atoms with Gasteiger partial charge >= 0.3 is 6.18 Å². The normalized spacial score (nSPS) is 21.9. The number of benzene rings is 1. The zero-order valence-corrected chi connectivity index (χ0v) is 14.2. The smallest absolute Gasteiger partial charge is 0.363 e. The van der Waals surface area contributed by atoms with Crippen molar-refractivity contribution >= 4 is 23.1 Å². The molecule has 1 unspecified atom stereocenters. The molecule has 0 saturated carbocycles. The van der Waals surface area contributed by atoms with E-state index in [1.54, 1.807) is 6.92 Å². The maximum atomic E-state index is 13.1. The van der Waals surface area contributed by atoms with E-state index in [9.17, 15) is 23.3 Å². The number of nitro benzene ring substituents is 1. The molecule has 2 atom stereocenters. The van der Waals surface area contributed by atoms with Gasteiger partial charge in [0.15, 0.2) is 7.04 Å². The van der Waals surface area contributed by atoms with Crippen LogP contribution < -0.4 is 15.9 Å². The lowest BCUT2D eigenvalue weighted by atomic mass is 10.0. The van der Waals surface area contributed by atoms with Crippen molar-refractivity contribution in [2.75, 3.05) is 13.1 Å². The molecule has 0 aliphatic carbocycles. The molecule has 0 amide bonds. The Morgan fingerprint density at radius 2 is 2.19 bits per heavy atom. The van der Waals surface area contributed by atoms with Crippen LogP contribution in [-0.2, 0) is 6.18 Å². The highest BCUT2D eigenvalue weighted by atomic mass is 35.5. The van der Waals surface area contributed by atoms with Crippen molar-refractivity contribution in [3.8, 4) is 0 Å². The highest BCUT2D eigenvalue weighted by molar-refractivity contribution is 6.21. The summed E-state index contributed by atoms with van der Waals surface area (Å²) in [6.07, 6.45) is -4.71. The maximum Gasteiger partial charge on any atom is 0.416 e. The van der Waals surface area contributed by atoms with Gasteiger partial charge in [-0.2, -0.15) is 13.2 Å². The Morgan fingerprint density at radius 1 is 1.46 bits per heavy atom. The fourth-order valence-corrected chi connectivity index (χ4v) is 2.98. The second-order valence-electron chi connectivity index (χ2n) is 5.88. The number of hydrogen-bond donors (Lipinski definition) is 3. The van der Waals surface area contributed by atoms with Crippen molar-refractivity contribution in [2.24, 2.45) is 4.99 Å². The average Bonchev–Trinajstić information content (AvgIpc) is 3.08. The van der Waals surface area contributed by atoms with Gasteiger partial charge in [-0.05, 0) is 18.6 Å². The molecule has 2 aliphatic rings. The first kappa shape index (κ1) is 17.1. The molecular weight excluding hydrogens is 375 g/mol. The van der Waals surface area contributed by atoms with Gasteiger partial charge in [0.05, 0.1) is 16.5 Å². The standard InChI is InChI=1S/C15H15ClF3N5O2/c1-7(21-13-11-5-20-6-12(11)22-14(16)23-13)8-2-9(15(17,18)19)4-10(3-8)24(25)26/h2-4,7,14,20,22H,5-6H2,1H3,(H,21,23)/t7?,14-/m1/s1/i/hD. The zero-order valence-electron chi connectivity index (χ0n) is 14.5. The van der Waals surface area contributed by atoms with Crippen LogP contribution >= 0.6 is 11.6 Å². The minimum atomic E-state index is -4.71. The molecular formula is C15H15ClF3N5O2. The highest BCUT2D eigenvalue weighted by Crippen LogP contribution is 2.34. The Balaban J connectivity index is 1.92. The molecule has 7 nitrogen and oxygen atoms in total. The SMILES string of the molecule is [2H]N1C2=C(CNC2)C(NC(C)c2cc([N+](=O)[O-])cc(C(F)(F)F)c2)=N[C@@H]1Cl. The van der Waals surface area contributed by atoms with Gasteiger partial charge in [-0.15, -0.1) is 0 Å². The lowest BCUT2D eigenvalue weighted by Gasteiger charge is -2.24. The number of aliphatic imine (C=N–C) groups is 1. The molecule has 1 aromatic carbocycles. The first-order valence-corrected chi connectivity index (χ1v) is 8.07. The van der Waals surface area contributed by atoms with E-state index in [2.05, 4.69) is 15.6 Å². The first-order valence-electron chi connectivity index (χ1n) is 8.09. The van der Waals surface area contributed by atoms with Crippen LogP contribution in [0.25, 0.3) is 0 Å². The zero-order chi connectivity index (χ0) is 19.9. The van der Waals surface area contributed by atoms with E-state index in [4.69, 9.17) is 13.0 Å². The van der Waals surface area contributed by atoms with E-state index in [0.29, 0.717) is 36.3 Å². The van der Waals surface area contributed by atoms with Gasteiger partial charge in [0.25, 0.3) is 5.69 Å². The minimum absolute atomic E-state index is 0.0896. The molecule has 3 N–H and O–H groups in total. The summed E-state index contributed by atoms with van der Waals surface area (Å²) in [5.74, 6) is 0.353. The minimum Gasteiger partial charge on any atom is -0.363 e. The molecule has 0 radical (unpaired) electrons. The van der Waals surface area contributed by atoms with Crippen molar-refractivity contribution in [1.82, 2.24) is 15.9 Å². The van der Waals surface area contributed by atoms with Gasteiger partial charge in [0, 0.05) is 36.5 Å². The summed E-state index contributed by atoms with van der Waals surface area (Å²) in [4.78, 5) is 14.3. The van der Waals surface area contributed by atoms with Crippen molar-refractivity contribution in [2.45, 2.75) is 24.8 Å².